The Labute approximate surface area is 153 Å². The fraction of sp³-hybridized carbons (Fsp3) is 0.304. The molecule has 0 radical (unpaired) electrons. The van der Waals surface area contributed by atoms with Crippen LogP contribution in [0.2, 0.25) is 0 Å². The number of benzene rings is 3. The third kappa shape index (κ3) is 2.43. The lowest BCUT2D eigenvalue weighted by molar-refractivity contribution is -0.0843. The smallest absolute Gasteiger partial charge is 0.130 e. The summed E-state index contributed by atoms with van der Waals surface area (Å²) in [7, 11) is 0. The first-order valence-corrected chi connectivity index (χ1v) is 9.35. The maximum absolute atomic E-state index is 9.79. The lowest BCUT2D eigenvalue weighted by Gasteiger charge is -2.43. The molecule has 2 heterocycles. The van der Waals surface area contributed by atoms with Crippen molar-refractivity contribution in [3.63, 3.8) is 0 Å². The van der Waals surface area contributed by atoms with Crippen molar-refractivity contribution in [1.29, 1.82) is 0 Å². The van der Waals surface area contributed by atoms with E-state index < -0.39 is 0 Å². The molecule has 2 aliphatic heterocycles. The molecule has 3 heteroatoms. The predicted octanol–water partition coefficient (Wildman–Crippen LogP) is 4.93. The Morgan fingerprint density at radius 2 is 1.77 bits per heavy atom. The lowest BCUT2D eigenvalue weighted by atomic mass is 9.78. The first kappa shape index (κ1) is 15.9. The molecule has 0 amide bonds. The maximum atomic E-state index is 9.79. The van der Waals surface area contributed by atoms with E-state index in [0.717, 1.165) is 36.3 Å². The van der Waals surface area contributed by atoms with Gasteiger partial charge in [0.2, 0.25) is 0 Å². The van der Waals surface area contributed by atoms with E-state index in [4.69, 9.17) is 9.47 Å². The zero-order valence-corrected chi connectivity index (χ0v) is 14.6. The first-order valence-electron chi connectivity index (χ1n) is 9.35. The fourth-order valence-corrected chi connectivity index (χ4v) is 4.56. The number of hydrogen-bond donors (Lipinski definition) is 1. The van der Waals surface area contributed by atoms with E-state index in [1.807, 2.05) is 18.2 Å². The molecule has 3 atom stereocenters. The lowest BCUT2D eigenvalue weighted by Crippen LogP contribution is -2.35. The molecule has 2 aliphatic rings. The van der Waals surface area contributed by atoms with Crippen LogP contribution in [-0.4, -0.2) is 11.7 Å². The normalized spacial score (nSPS) is 24.6. The molecule has 0 bridgehead atoms. The van der Waals surface area contributed by atoms with E-state index in [1.165, 1.54) is 16.3 Å². The number of ether oxygens (including phenoxy) is 2. The summed E-state index contributed by atoms with van der Waals surface area (Å²) in [5.74, 6) is 1.17. The topological polar surface area (TPSA) is 38.7 Å². The quantitative estimate of drug-likeness (QED) is 0.715. The van der Waals surface area contributed by atoms with Crippen LogP contribution < -0.4 is 4.74 Å². The Morgan fingerprint density at radius 3 is 2.69 bits per heavy atom. The van der Waals surface area contributed by atoms with Crippen molar-refractivity contribution >= 4 is 10.8 Å². The van der Waals surface area contributed by atoms with E-state index in [2.05, 4.69) is 42.5 Å². The summed E-state index contributed by atoms with van der Waals surface area (Å²) < 4.78 is 12.8. The third-order valence-electron chi connectivity index (χ3n) is 5.76. The van der Waals surface area contributed by atoms with Gasteiger partial charge in [0.15, 0.2) is 0 Å². The second-order valence-electron chi connectivity index (χ2n) is 7.19. The summed E-state index contributed by atoms with van der Waals surface area (Å²) in [5.41, 5.74) is 3.20. The van der Waals surface area contributed by atoms with E-state index in [1.54, 1.807) is 0 Å². The molecule has 1 fully saturated rings. The molecule has 0 unspecified atom stereocenters. The molecule has 0 aromatic heterocycles. The Kier molecular flexibility index (Phi) is 3.92. The second-order valence-corrected chi connectivity index (χ2v) is 7.19. The summed E-state index contributed by atoms with van der Waals surface area (Å²) >= 11 is 0. The average molecular weight is 346 g/mol. The van der Waals surface area contributed by atoms with Crippen LogP contribution in [0.5, 0.6) is 5.75 Å². The van der Waals surface area contributed by atoms with Gasteiger partial charge in [-0.15, -0.1) is 0 Å². The van der Waals surface area contributed by atoms with Crippen LogP contribution in [0.3, 0.4) is 0 Å². The predicted molar refractivity (Wildman–Crippen MR) is 101 cm³/mol. The molecule has 3 aromatic rings. The minimum atomic E-state index is -0.0858. The van der Waals surface area contributed by atoms with Gasteiger partial charge < -0.3 is 14.6 Å². The number of aliphatic hydroxyl groups excluding tert-OH is 1. The van der Waals surface area contributed by atoms with E-state index in [0.29, 0.717) is 0 Å². The Balaban J connectivity index is 1.68. The number of aliphatic hydroxyl groups is 1. The summed E-state index contributed by atoms with van der Waals surface area (Å²) in [4.78, 5) is 0. The molecule has 0 saturated carbocycles. The van der Waals surface area contributed by atoms with Crippen molar-refractivity contribution in [1.82, 2.24) is 0 Å². The van der Waals surface area contributed by atoms with Crippen LogP contribution in [0.1, 0.15) is 41.7 Å². The molecule has 1 N–H and O–H groups in total. The minimum Gasteiger partial charge on any atom is -0.485 e. The number of rotatable bonds is 2. The maximum Gasteiger partial charge on any atom is 0.130 e. The molecule has 5 rings (SSSR count). The highest BCUT2D eigenvalue weighted by Gasteiger charge is 2.42. The van der Waals surface area contributed by atoms with E-state index in [-0.39, 0.29) is 24.7 Å². The van der Waals surface area contributed by atoms with Gasteiger partial charge in [-0.25, -0.2) is 0 Å². The van der Waals surface area contributed by atoms with Gasteiger partial charge >= 0.3 is 0 Å². The van der Waals surface area contributed by atoms with Crippen LogP contribution in [-0.2, 0) is 11.3 Å². The molecule has 0 spiro atoms. The Bertz CT molecular complexity index is 949. The zero-order chi connectivity index (χ0) is 17.5. The fourth-order valence-electron chi connectivity index (χ4n) is 4.56. The van der Waals surface area contributed by atoms with Crippen molar-refractivity contribution in [3.05, 3.63) is 77.4 Å². The van der Waals surface area contributed by atoms with Gasteiger partial charge in [-0.3, -0.25) is 0 Å². The van der Waals surface area contributed by atoms with Gasteiger partial charge in [0, 0.05) is 18.1 Å². The summed E-state index contributed by atoms with van der Waals surface area (Å²) in [6.07, 6.45) is 2.06. The number of hydrogen-bond acceptors (Lipinski definition) is 3. The Morgan fingerprint density at radius 1 is 0.923 bits per heavy atom. The van der Waals surface area contributed by atoms with Gasteiger partial charge in [-0.05, 0) is 40.8 Å². The highest BCUT2D eigenvalue weighted by molar-refractivity contribution is 5.88. The minimum absolute atomic E-state index is 0.0266. The summed E-state index contributed by atoms with van der Waals surface area (Å²) in [6, 6.07) is 20.7. The standard InChI is InChI=1S/C23H22O3/c24-14-16-7-2-4-9-18(16)22-19-10-5-13-25-23(19)21-17-8-3-1-6-15(17)11-12-20(21)26-22/h1-4,6-9,11-12,19,22-24H,5,10,13-14H2/t19-,22-,23+/m0/s1. The molecular weight excluding hydrogens is 324 g/mol. The van der Waals surface area contributed by atoms with Crippen molar-refractivity contribution in [2.75, 3.05) is 6.61 Å². The van der Waals surface area contributed by atoms with Crippen LogP contribution in [0.4, 0.5) is 0 Å². The van der Waals surface area contributed by atoms with Crippen LogP contribution >= 0.6 is 0 Å². The summed E-state index contributed by atoms with van der Waals surface area (Å²) in [5, 5.41) is 12.2. The zero-order valence-electron chi connectivity index (χ0n) is 14.6. The van der Waals surface area contributed by atoms with Crippen LogP contribution in [0, 0.1) is 5.92 Å². The van der Waals surface area contributed by atoms with Crippen molar-refractivity contribution in [2.24, 2.45) is 5.92 Å². The van der Waals surface area contributed by atoms with Gasteiger partial charge in [-0.2, -0.15) is 0 Å². The molecule has 1 saturated heterocycles. The van der Waals surface area contributed by atoms with Crippen molar-refractivity contribution < 1.29 is 14.6 Å². The van der Waals surface area contributed by atoms with Gasteiger partial charge in [0.1, 0.15) is 11.9 Å². The molecule has 3 nitrogen and oxygen atoms in total. The molecule has 26 heavy (non-hydrogen) atoms. The molecule has 3 aromatic carbocycles. The largest absolute Gasteiger partial charge is 0.485 e. The SMILES string of the molecule is OCc1ccccc1[C@@H]1Oc2ccc3ccccc3c2[C@@H]2OCCC[C@@H]12. The summed E-state index contributed by atoms with van der Waals surface area (Å²) in [6.45, 7) is 0.817. The van der Waals surface area contributed by atoms with Gasteiger partial charge in [-0.1, -0.05) is 54.6 Å². The molecule has 0 aliphatic carbocycles. The van der Waals surface area contributed by atoms with Gasteiger partial charge in [0.25, 0.3) is 0 Å². The molecule has 132 valence electrons. The van der Waals surface area contributed by atoms with Gasteiger partial charge in [0.05, 0.1) is 12.7 Å². The van der Waals surface area contributed by atoms with E-state index >= 15 is 0 Å². The monoisotopic (exact) mass is 346 g/mol. The van der Waals surface area contributed by atoms with E-state index in [9.17, 15) is 5.11 Å². The Hall–Kier alpha value is -2.36. The number of fused-ring (bicyclic) bond motifs is 5. The first-order chi connectivity index (χ1) is 12.9. The second kappa shape index (κ2) is 6.42. The van der Waals surface area contributed by atoms with Crippen LogP contribution in [0.15, 0.2) is 60.7 Å². The third-order valence-corrected chi connectivity index (χ3v) is 5.76. The van der Waals surface area contributed by atoms with Crippen molar-refractivity contribution in [3.8, 4) is 5.75 Å². The highest BCUT2D eigenvalue weighted by Crippen LogP contribution is 2.52. The van der Waals surface area contributed by atoms with Crippen molar-refractivity contribution in [2.45, 2.75) is 31.7 Å². The van der Waals surface area contributed by atoms with Crippen LogP contribution in [0.25, 0.3) is 10.8 Å². The highest BCUT2D eigenvalue weighted by atomic mass is 16.5. The average Bonchev–Trinajstić information content (AvgIpc) is 2.72. The molecular formula is C23H22O3.